The summed E-state index contributed by atoms with van der Waals surface area (Å²) in [7, 11) is 0. The average Bonchev–Trinajstić information content (AvgIpc) is 2.36. The van der Waals surface area contributed by atoms with Crippen LogP contribution in [0, 0.1) is 5.95 Å². The van der Waals surface area contributed by atoms with Gasteiger partial charge in [0.25, 0.3) is 0 Å². The van der Waals surface area contributed by atoms with Crippen LogP contribution < -0.4 is 10.1 Å². The molecule has 3 nitrogen and oxygen atoms in total. The molecule has 1 aromatic carbocycles. The maximum absolute atomic E-state index is 12.8. The Kier molecular flexibility index (Phi) is 4.22. The number of hydrogen-bond donors (Lipinski definition) is 1. The highest BCUT2D eigenvalue weighted by Gasteiger charge is 2.04. The van der Waals surface area contributed by atoms with Crippen molar-refractivity contribution in [3.63, 3.8) is 0 Å². The standard InChI is InChI=1S/C13H11F3N2O/c14-11-5-2-6-12(18-11)17-8-9-3-1-4-10(7-9)19-13(15)16/h1-7,13H,8H2,(H,17,18). The Labute approximate surface area is 108 Å². The van der Waals surface area contributed by atoms with E-state index < -0.39 is 12.6 Å². The summed E-state index contributed by atoms with van der Waals surface area (Å²) in [4.78, 5) is 3.63. The first-order valence-electron chi connectivity index (χ1n) is 5.53. The van der Waals surface area contributed by atoms with E-state index in [9.17, 15) is 13.2 Å². The Bertz CT molecular complexity index is 549. The third kappa shape index (κ3) is 4.17. The quantitative estimate of drug-likeness (QED) is 0.843. The van der Waals surface area contributed by atoms with Crippen molar-refractivity contribution in [3.8, 4) is 5.75 Å². The van der Waals surface area contributed by atoms with Crippen LogP contribution in [0.2, 0.25) is 0 Å². The highest BCUT2D eigenvalue weighted by atomic mass is 19.3. The molecule has 6 heteroatoms. The summed E-state index contributed by atoms with van der Waals surface area (Å²) in [6.45, 7) is -2.52. The molecule has 0 radical (unpaired) electrons. The van der Waals surface area contributed by atoms with E-state index in [0.717, 1.165) is 5.56 Å². The molecule has 0 amide bonds. The predicted octanol–water partition coefficient (Wildman–Crippen LogP) is 3.43. The summed E-state index contributed by atoms with van der Waals surface area (Å²) in [5.41, 5.74) is 0.726. The van der Waals surface area contributed by atoms with E-state index in [4.69, 9.17) is 0 Å². The van der Waals surface area contributed by atoms with Gasteiger partial charge in [-0.15, -0.1) is 0 Å². The maximum atomic E-state index is 12.8. The van der Waals surface area contributed by atoms with Gasteiger partial charge in [-0.1, -0.05) is 18.2 Å². The smallest absolute Gasteiger partial charge is 0.387 e. The summed E-state index contributed by atoms with van der Waals surface area (Å²) in [6.07, 6.45) is 0. The number of aromatic nitrogens is 1. The predicted molar refractivity (Wildman–Crippen MR) is 64.6 cm³/mol. The first-order valence-corrected chi connectivity index (χ1v) is 5.53. The summed E-state index contributed by atoms with van der Waals surface area (Å²) in [5.74, 6) is -0.124. The van der Waals surface area contributed by atoms with Crippen molar-refractivity contribution < 1.29 is 17.9 Å². The van der Waals surface area contributed by atoms with Gasteiger partial charge in [-0.05, 0) is 29.8 Å². The number of nitrogens with zero attached hydrogens (tertiary/aromatic N) is 1. The lowest BCUT2D eigenvalue weighted by Gasteiger charge is -2.08. The van der Waals surface area contributed by atoms with Crippen LogP contribution in [-0.4, -0.2) is 11.6 Å². The molecule has 0 atom stereocenters. The van der Waals surface area contributed by atoms with Gasteiger partial charge >= 0.3 is 6.61 Å². The van der Waals surface area contributed by atoms with Gasteiger partial charge in [0, 0.05) is 6.54 Å². The van der Waals surface area contributed by atoms with Gasteiger partial charge in [0.2, 0.25) is 5.95 Å². The highest BCUT2D eigenvalue weighted by Crippen LogP contribution is 2.16. The molecule has 100 valence electrons. The van der Waals surface area contributed by atoms with Crippen molar-refractivity contribution in [1.29, 1.82) is 0 Å². The van der Waals surface area contributed by atoms with E-state index in [0.29, 0.717) is 12.4 Å². The number of hydrogen-bond acceptors (Lipinski definition) is 3. The molecule has 1 N–H and O–H groups in total. The van der Waals surface area contributed by atoms with E-state index in [1.807, 2.05) is 0 Å². The van der Waals surface area contributed by atoms with Gasteiger partial charge < -0.3 is 10.1 Å². The SMILES string of the molecule is Fc1cccc(NCc2cccc(OC(F)F)c2)n1. The lowest BCUT2D eigenvalue weighted by Crippen LogP contribution is -2.04. The van der Waals surface area contributed by atoms with Gasteiger partial charge in [-0.3, -0.25) is 0 Å². The van der Waals surface area contributed by atoms with E-state index in [-0.39, 0.29) is 5.75 Å². The number of rotatable bonds is 5. The van der Waals surface area contributed by atoms with Crippen LogP contribution in [-0.2, 0) is 6.54 Å². The van der Waals surface area contributed by atoms with Crippen LogP contribution in [0.3, 0.4) is 0 Å². The summed E-state index contributed by atoms with van der Waals surface area (Å²) in [5, 5.41) is 2.89. The van der Waals surface area contributed by atoms with E-state index >= 15 is 0 Å². The molecule has 2 aromatic rings. The fourth-order valence-corrected chi connectivity index (χ4v) is 1.53. The first kappa shape index (κ1) is 13.2. The third-order valence-corrected chi connectivity index (χ3v) is 2.31. The molecular weight excluding hydrogens is 257 g/mol. The molecule has 0 saturated heterocycles. The number of anilines is 1. The second kappa shape index (κ2) is 6.08. The van der Waals surface area contributed by atoms with Crippen LogP contribution >= 0.6 is 0 Å². The van der Waals surface area contributed by atoms with Crippen LogP contribution in [0.1, 0.15) is 5.56 Å². The van der Waals surface area contributed by atoms with Crippen molar-refractivity contribution in [2.24, 2.45) is 0 Å². The van der Waals surface area contributed by atoms with E-state index in [1.165, 1.54) is 24.3 Å². The number of alkyl halides is 2. The lowest BCUT2D eigenvalue weighted by atomic mass is 10.2. The number of benzene rings is 1. The first-order chi connectivity index (χ1) is 9.13. The highest BCUT2D eigenvalue weighted by molar-refractivity contribution is 5.36. The molecule has 1 aromatic heterocycles. The molecule has 0 saturated carbocycles. The summed E-state index contributed by atoms with van der Waals surface area (Å²) >= 11 is 0. The van der Waals surface area contributed by atoms with Crippen molar-refractivity contribution >= 4 is 5.82 Å². The monoisotopic (exact) mass is 268 g/mol. The molecular formula is C13H11F3N2O. The minimum atomic E-state index is -2.85. The topological polar surface area (TPSA) is 34.1 Å². The second-order valence-corrected chi connectivity index (χ2v) is 3.73. The molecule has 0 aliphatic carbocycles. The Morgan fingerprint density at radius 1 is 1.16 bits per heavy atom. The Balaban J connectivity index is 1.99. The van der Waals surface area contributed by atoms with E-state index in [2.05, 4.69) is 15.0 Å². The second-order valence-electron chi connectivity index (χ2n) is 3.73. The van der Waals surface area contributed by atoms with E-state index in [1.54, 1.807) is 18.2 Å². The lowest BCUT2D eigenvalue weighted by molar-refractivity contribution is -0.0498. The number of pyridine rings is 1. The normalized spacial score (nSPS) is 10.5. The van der Waals surface area contributed by atoms with Crippen LogP contribution in [0.5, 0.6) is 5.75 Å². The van der Waals surface area contributed by atoms with Crippen molar-refractivity contribution in [3.05, 3.63) is 54.0 Å². The van der Waals surface area contributed by atoms with Crippen molar-refractivity contribution in [2.75, 3.05) is 5.32 Å². The zero-order valence-corrected chi connectivity index (χ0v) is 9.82. The largest absolute Gasteiger partial charge is 0.435 e. The molecule has 0 unspecified atom stereocenters. The minimum Gasteiger partial charge on any atom is -0.435 e. The van der Waals surface area contributed by atoms with Gasteiger partial charge in [0.1, 0.15) is 11.6 Å². The van der Waals surface area contributed by atoms with Crippen molar-refractivity contribution in [2.45, 2.75) is 13.2 Å². The van der Waals surface area contributed by atoms with Crippen LogP contribution in [0.25, 0.3) is 0 Å². The molecule has 0 fully saturated rings. The molecule has 2 rings (SSSR count). The molecule has 19 heavy (non-hydrogen) atoms. The Morgan fingerprint density at radius 3 is 2.68 bits per heavy atom. The molecule has 1 heterocycles. The van der Waals surface area contributed by atoms with Gasteiger partial charge in [0.15, 0.2) is 0 Å². The van der Waals surface area contributed by atoms with Gasteiger partial charge in [-0.2, -0.15) is 13.2 Å². The third-order valence-electron chi connectivity index (χ3n) is 2.31. The number of nitrogens with one attached hydrogen (secondary N) is 1. The summed E-state index contributed by atoms with van der Waals surface area (Å²) < 4.78 is 41.3. The Morgan fingerprint density at radius 2 is 1.95 bits per heavy atom. The van der Waals surface area contributed by atoms with Gasteiger partial charge in [-0.25, -0.2) is 4.98 Å². The van der Waals surface area contributed by atoms with Crippen LogP contribution in [0.15, 0.2) is 42.5 Å². The molecule has 0 aliphatic rings. The zero-order valence-electron chi connectivity index (χ0n) is 9.82. The maximum Gasteiger partial charge on any atom is 0.387 e. The van der Waals surface area contributed by atoms with Crippen molar-refractivity contribution in [1.82, 2.24) is 4.98 Å². The fourth-order valence-electron chi connectivity index (χ4n) is 1.53. The number of ether oxygens (including phenoxy) is 1. The molecule has 0 bridgehead atoms. The molecule has 0 aliphatic heterocycles. The number of halogens is 3. The summed E-state index contributed by atoms with van der Waals surface area (Å²) in [6, 6.07) is 10.7. The Hall–Kier alpha value is -2.24. The van der Waals surface area contributed by atoms with Gasteiger partial charge in [0.05, 0.1) is 0 Å². The zero-order chi connectivity index (χ0) is 13.7. The fraction of sp³-hybridized carbons (Fsp3) is 0.154. The average molecular weight is 268 g/mol. The minimum absolute atomic E-state index is 0.0847. The van der Waals surface area contributed by atoms with Crippen LogP contribution in [0.4, 0.5) is 19.0 Å². The molecule has 0 spiro atoms.